The number of aliphatic hydroxyl groups excluding tert-OH is 4. The maximum Gasteiger partial charge on any atom is 0.159 e. The van der Waals surface area contributed by atoms with Gasteiger partial charge in [-0.2, -0.15) is 0 Å². The van der Waals surface area contributed by atoms with Crippen LogP contribution in [0.25, 0.3) is 0 Å². The Morgan fingerprint density at radius 3 is 2.64 bits per heavy atom. The van der Waals surface area contributed by atoms with E-state index in [0.29, 0.717) is 0 Å². The van der Waals surface area contributed by atoms with E-state index in [1.54, 1.807) is 0 Å². The Balaban J connectivity index is 2.53. The lowest BCUT2D eigenvalue weighted by Gasteiger charge is -2.18. The van der Waals surface area contributed by atoms with E-state index in [4.69, 9.17) is 20.4 Å². The van der Waals surface area contributed by atoms with Gasteiger partial charge in [-0.15, -0.1) is 0 Å². The highest BCUT2D eigenvalue weighted by Crippen LogP contribution is 2.18. The van der Waals surface area contributed by atoms with Crippen molar-refractivity contribution in [2.45, 2.75) is 18.3 Å². The Labute approximate surface area is 63.2 Å². The summed E-state index contributed by atoms with van der Waals surface area (Å²) in [7, 11) is 0. The van der Waals surface area contributed by atoms with Crippen LogP contribution in [0.5, 0.6) is 0 Å². The van der Waals surface area contributed by atoms with Gasteiger partial charge in [-0.1, -0.05) is 0 Å². The molecule has 64 valence electrons. The summed E-state index contributed by atoms with van der Waals surface area (Å²) in [6, 6.07) is 0. The number of rotatable bonds is 2. The van der Waals surface area contributed by atoms with Gasteiger partial charge in [0.2, 0.25) is 0 Å². The molecule has 0 saturated heterocycles. The van der Waals surface area contributed by atoms with Gasteiger partial charge in [-0.25, -0.2) is 0 Å². The zero-order chi connectivity index (χ0) is 8.43. The summed E-state index contributed by atoms with van der Waals surface area (Å²) in [5, 5.41) is 35.3. The molecule has 0 aromatic rings. The van der Waals surface area contributed by atoms with Crippen LogP contribution in [0.3, 0.4) is 0 Å². The third-order valence-electron chi connectivity index (χ3n) is 1.53. The van der Waals surface area contributed by atoms with Crippen molar-refractivity contribution < 1.29 is 25.2 Å². The van der Waals surface area contributed by atoms with E-state index in [9.17, 15) is 0 Å². The highest BCUT2D eigenvalue weighted by Gasteiger charge is 2.35. The first-order valence-corrected chi connectivity index (χ1v) is 3.18. The van der Waals surface area contributed by atoms with E-state index in [2.05, 4.69) is 4.74 Å². The average Bonchev–Trinajstić information content (AvgIpc) is 2.32. The van der Waals surface area contributed by atoms with Crippen molar-refractivity contribution in [1.29, 1.82) is 0 Å². The summed E-state index contributed by atoms with van der Waals surface area (Å²) in [5.74, 6) is -0.331. The van der Waals surface area contributed by atoms with E-state index < -0.39 is 24.9 Å². The fourth-order valence-corrected chi connectivity index (χ4v) is 0.866. The summed E-state index contributed by atoms with van der Waals surface area (Å²) in [5.41, 5.74) is 0. The van der Waals surface area contributed by atoms with Crippen LogP contribution in [0.2, 0.25) is 0 Å². The minimum atomic E-state index is -1.24. The van der Waals surface area contributed by atoms with Crippen molar-refractivity contribution in [3.05, 3.63) is 12.0 Å². The van der Waals surface area contributed by atoms with Crippen molar-refractivity contribution in [1.82, 2.24) is 0 Å². The molecule has 0 fully saturated rings. The minimum Gasteiger partial charge on any atom is -0.506 e. The normalized spacial score (nSPS) is 32.8. The van der Waals surface area contributed by atoms with Crippen LogP contribution < -0.4 is 0 Å². The molecule has 4 N–H and O–H groups in total. The number of aliphatic hydroxyl groups is 4. The van der Waals surface area contributed by atoms with E-state index in [1.807, 2.05) is 0 Å². The summed E-state index contributed by atoms with van der Waals surface area (Å²) in [4.78, 5) is 0. The lowest BCUT2D eigenvalue weighted by atomic mass is 10.1. The molecule has 0 aromatic heterocycles. The van der Waals surface area contributed by atoms with Crippen molar-refractivity contribution >= 4 is 0 Å². The predicted molar refractivity (Wildman–Crippen MR) is 34.7 cm³/mol. The fraction of sp³-hybridized carbons (Fsp3) is 0.667. The van der Waals surface area contributed by atoms with Crippen molar-refractivity contribution in [2.75, 3.05) is 6.61 Å². The van der Waals surface area contributed by atoms with Crippen LogP contribution in [0.15, 0.2) is 12.0 Å². The van der Waals surface area contributed by atoms with Crippen LogP contribution in [0.1, 0.15) is 0 Å². The summed E-state index contributed by atoms with van der Waals surface area (Å²) in [6.07, 6.45) is -2.42. The number of hydrogen-bond acceptors (Lipinski definition) is 5. The molecule has 1 rings (SSSR count). The first-order valence-electron chi connectivity index (χ1n) is 3.18. The van der Waals surface area contributed by atoms with E-state index in [-0.39, 0.29) is 5.76 Å². The van der Waals surface area contributed by atoms with E-state index >= 15 is 0 Å². The summed E-state index contributed by atoms with van der Waals surface area (Å²) >= 11 is 0. The molecule has 0 aromatic carbocycles. The third-order valence-corrected chi connectivity index (χ3v) is 1.53. The Kier molecular flexibility index (Phi) is 2.33. The van der Waals surface area contributed by atoms with Gasteiger partial charge in [0.15, 0.2) is 18.0 Å². The Hall–Kier alpha value is -0.780. The monoisotopic (exact) mass is 162 g/mol. The zero-order valence-electron chi connectivity index (χ0n) is 5.71. The maximum absolute atomic E-state index is 9.04. The zero-order valence-corrected chi connectivity index (χ0v) is 5.71. The molecule has 0 amide bonds. The predicted octanol–water partition coefficient (Wildman–Crippen LogP) is -1.50. The van der Waals surface area contributed by atoms with Gasteiger partial charge in [0.05, 0.1) is 6.61 Å². The molecule has 1 aliphatic rings. The van der Waals surface area contributed by atoms with Crippen molar-refractivity contribution in [3.8, 4) is 0 Å². The molecule has 0 unspecified atom stereocenters. The van der Waals surface area contributed by atoms with Crippen LogP contribution >= 0.6 is 0 Å². The molecule has 0 bridgehead atoms. The second-order valence-corrected chi connectivity index (χ2v) is 2.34. The van der Waals surface area contributed by atoms with Gasteiger partial charge >= 0.3 is 0 Å². The SMILES string of the molecule is OC[C@@H](O)[C@@H]1OC=C(O)[C@H]1O. The molecule has 0 spiro atoms. The molecule has 5 heteroatoms. The van der Waals surface area contributed by atoms with Crippen LogP contribution in [-0.4, -0.2) is 45.3 Å². The second kappa shape index (κ2) is 3.08. The number of ether oxygens (including phenoxy) is 1. The van der Waals surface area contributed by atoms with Crippen LogP contribution in [0, 0.1) is 0 Å². The largest absolute Gasteiger partial charge is 0.506 e. The minimum absolute atomic E-state index is 0.331. The summed E-state index contributed by atoms with van der Waals surface area (Å²) < 4.78 is 4.66. The van der Waals surface area contributed by atoms with E-state index in [0.717, 1.165) is 6.26 Å². The van der Waals surface area contributed by atoms with Crippen molar-refractivity contribution in [2.24, 2.45) is 0 Å². The molecule has 3 atom stereocenters. The average molecular weight is 162 g/mol. The molecule has 11 heavy (non-hydrogen) atoms. The van der Waals surface area contributed by atoms with E-state index in [1.165, 1.54) is 0 Å². The first-order chi connectivity index (χ1) is 5.16. The first kappa shape index (κ1) is 8.32. The Morgan fingerprint density at radius 1 is 1.64 bits per heavy atom. The molecule has 0 aliphatic carbocycles. The van der Waals surface area contributed by atoms with Gasteiger partial charge < -0.3 is 25.2 Å². The quantitative estimate of drug-likeness (QED) is 0.396. The highest BCUT2D eigenvalue weighted by molar-refractivity contribution is 5.05. The molecule has 0 saturated carbocycles. The lowest BCUT2D eigenvalue weighted by Crippen LogP contribution is -2.38. The molecule has 0 radical (unpaired) electrons. The third kappa shape index (κ3) is 1.45. The van der Waals surface area contributed by atoms with Crippen molar-refractivity contribution in [3.63, 3.8) is 0 Å². The Bertz CT molecular complexity index is 166. The Morgan fingerprint density at radius 2 is 2.27 bits per heavy atom. The maximum atomic E-state index is 9.04. The summed E-state index contributed by atoms with van der Waals surface area (Å²) in [6.45, 7) is -0.511. The second-order valence-electron chi connectivity index (χ2n) is 2.34. The fourth-order valence-electron chi connectivity index (χ4n) is 0.866. The lowest BCUT2D eigenvalue weighted by molar-refractivity contribution is -0.0578. The van der Waals surface area contributed by atoms with Crippen LogP contribution in [0.4, 0.5) is 0 Å². The van der Waals surface area contributed by atoms with Gasteiger partial charge in [-0.05, 0) is 0 Å². The highest BCUT2D eigenvalue weighted by atomic mass is 16.5. The standard InChI is InChI=1S/C6H10O5/c7-1-3(8)6-5(10)4(9)2-11-6/h2-3,5-10H,1H2/t3-,5-,6+/m1/s1. The molecular formula is C6H10O5. The molecule has 5 nitrogen and oxygen atoms in total. The molecule has 1 heterocycles. The van der Waals surface area contributed by atoms with Crippen LogP contribution in [-0.2, 0) is 4.74 Å². The van der Waals surface area contributed by atoms with Gasteiger partial charge in [0.1, 0.15) is 12.4 Å². The van der Waals surface area contributed by atoms with Gasteiger partial charge in [0.25, 0.3) is 0 Å². The van der Waals surface area contributed by atoms with Gasteiger partial charge in [0, 0.05) is 0 Å². The topological polar surface area (TPSA) is 90.2 Å². The van der Waals surface area contributed by atoms with Gasteiger partial charge in [-0.3, -0.25) is 0 Å². The molecular weight excluding hydrogens is 152 g/mol. The number of hydrogen-bond donors (Lipinski definition) is 4. The molecule has 1 aliphatic heterocycles. The smallest absolute Gasteiger partial charge is 0.159 e.